The van der Waals surface area contributed by atoms with Crippen molar-refractivity contribution < 1.29 is 8.42 Å². The van der Waals surface area contributed by atoms with Crippen molar-refractivity contribution >= 4 is 20.9 Å². The number of H-pyrrole nitrogens is 1. The van der Waals surface area contributed by atoms with Gasteiger partial charge in [0.05, 0.1) is 5.25 Å². The maximum atomic E-state index is 11.2. The Morgan fingerprint density at radius 2 is 2.00 bits per heavy atom. The van der Waals surface area contributed by atoms with E-state index in [1.165, 1.54) is 0 Å². The van der Waals surface area contributed by atoms with Gasteiger partial charge in [-0.1, -0.05) is 18.2 Å². The van der Waals surface area contributed by atoms with Gasteiger partial charge in [0, 0.05) is 17.1 Å². The van der Waals surface area contributed by atoms with Crippen molar-refractivity contribution in [2.24, 2.45) is 5.14 Å². The van der Waals surface area contributed by atoms with Gasteiger partial charge in [-0.05, 0) is 18.6 Å². The van der Waals surface area contributed by atoms with Crippen LogP contribution in [0.5, 0.6) is 0 Å². The van der Waals surface area contributed by atoms with Crippen LogP contribution in [0.3, 0.4) is 0 Å². The Morgan fingerprint density at radius 1 is 1.33 bits per heavy atom. The maximum Gasteiger partial charge on any atom is 0.215 e. The van der Waals surface area contributed by atoms with E-state index in [0.717, 1.165) is 10.9 Å². The molecule has 0 bridgehead atoms. The van der Waals surface area contributed by atoms with E-state index >= 15 is 0 Å². The molecule has 0 aliphatic rings. The molecule has 1 atom stereocenters. The quantitative estimate of drug-likeness (QED) is 0.811. The second-order valence-electron chi connectivity index (χ2n) is 3.52. The minimum Gasteiger partial charge on any atom is -0.361 e. The average Bonchev–Trinajstić information content (AvgIpc) is 2.58. The van der Waals surface area contributed by atoms with Crippen molar-refractivity contribution in [3.8, 4) is 0 Å². The van der Waals surface area contributed by atoms with Gasteiger partial charge in [-0.2, -0.15) is 0 Å². The van der Waals surface area contributed by atoms with Crippen molar-refractivity contribution in [1.29, 1.82) is 0 Å². The van der Waals surface area contributed by atoms with Crippen LogP contribution in [0.1, 0.15) is 17.7 Å². The van der Waals surface area contributed by atoms with Gasteiger partial charge in [0.25, 0.3) is 0 Å². The number of hydrogen-bond acceptors (Lipinski definition) is 2. The lowest BCUT2D eigenvalue weighted by molar-refractivity contribution is 0.588. The molecule has 0 saturated heterocycles. The summed E-state index contributed by atoms with van der Waals surface area (Å²) in [5, 5.41) is 5.33. The Bertz CT molecular complexity index is 586. The van der Waals surface area contributed by atoms with Crippen molar-refractivity contribution in [2.75, 3.05) is 0 Å². The lowest BCUT2D eigenvalue weighted by atomic mass is 10.1. The molecule has 4 nitrogen and oxygen atoms in total. The molecule has 2 aromatic rings. The molecule has 0 radical (unpaired) electrons. The Labute approximate surface area is 88.2 Å². The predicted octanol–water partition coefficient (Wildman–Crippen LogP) is 1.52. The zero-order chi connectivity index (χ0) is 11.1. The molecule has 0 amide bonds. The summed E-state index contributed by atoms with van der Waals surface area (Å²) in [6.07, 6.45) is 1.69. The summed E-state index contributed by atoms with van der Waals surface area (Å²) < 4.78 is 22.5. The highest BCUT2D eigenvalue weighted by Gasteiger charge is 2.20. The molecular weight excluding hydrogens is 212 g/mol. The predicted molar refractivity (Wildman–Crippen MR) is 59.8 cm³/mol. The van der Waals surface area contributed by atoms with E-state index in [2.05, 4.69) is 4.98 Å². The first-order valence-electron chi connectivity index (χ1n) is 4.58. The van der Waals surface area contributed by atoms with Crippen LogP contribution >= 0.6 is 0 Å². The molecule has 0 spiro atoms. The molecule has 1 aromatic heterocycles. The Morgan fingerprint density at radius 3 is 2.67 bits per heavy atom. The average molecular weight is 224 g/mol. The summed E-state index contributed by atoms with van der Waals surface area (Å²) >= 11 is 0. The normalized spacial score (nSPS) is 14.3. The highest BCUT2D eigenvalue weighted by molar-refractivity contribution is 7.89. The van der Waals surface area contributed by atoms with Gasteiger partial charge in [-0.25, -0.2) is 13.6 Å². The Balaban J connectivity index is 2.63. The van der Waals surface area contributed by atoms with Gasteiger partial charge in [-0.15, -0.1) is 0 Å². The number of fused-ring (bicyclic) bond motifs is 1. The number of aromatic nitrogens is 1. The molecule has 1 unspecified atom stereocenters. The zero-order valence-corrected chi connectivity index (χ0v) is 9.08. The van der Waals surface area contributed by atoms with Crippen LogP contribution in [0.25, 0.3) is 10.9 Å². The summed E-state index contributed by atoms with van der Waals surface area (Å²) in [6, 6.07) is 7.54. The molecule has 0 aliphatic carbocycles. The zero-order valence-electron chi connectivity index (χ0n) is 8.27. The number of hydrogen-bond donors (Lipinski definition) is 2. The first-order valence-corrected chi connectivity index (χ1v) is 6.18. The molecule has 80 valence electrons. The fourth-order valence-electron chi connectivity index (χ4n) is 1.61. The third-order valence-corrected chi connectivity index (χ3v) is 3.79. The number of benzene rings is 1. The van der Waals surface area contributed by atoms with Crippen molar-refractivity contribution in [2.45, 2.75) is 12.2 Å². The number of aromatic amines is 1. The van der Waals surface area contributed by atoms with Crippen LogP contribution in [0.15, 0.2) is 30.5 Å². The summed E-state index contributed by atoms with van der Waals surface area (Å²) in [6.45, 7) is 1.59. The molecular formula is C10H12N2O2S. The van der Waals surface area contributed by atoms with E-state index < -0.39 is 15.3 Å². The van der Waals surface area contributed by atoms with Gasteiger partial charge in [0.2, 0.25) is 10.0 Å². The number of rotatable bonds is 2. The monoisotopic (exact) mass is 224 g/mol. The first kappa shape index (κ1) is 10.2. The highest BCUT2D eigenvalue weighted by Crippen LogP contribution is 2.27. The smallest absolute Gasteiger partial charge is 0.215 e. The fraction of sp³-hybridized carbons (Fsp3) is 0.200. The number of primary sulfonamides is 1. The lowest BCUT2D eigenvalue weighted by Crippen LogP contribution is -2.18. The Kier molecular flexibility index (Phi) is 2.28. The summed E-state index contributed by atoms with van der Waals surface area (Å²) in [4.78, 5) is 3.02. The number of nitrogens with one attached hydrogen (secondary N) is 1. The van der Waals surface area contributed by atoms with Crippen LogP contribution in [0.2, 0.25) is 0 Å². The summed E-state index contributed by atoms with van der Waals surface area (Å²) in [7, 11) is -3.54. The van der Waals surface area contributed by atoms with Gasteiger partial charge in [0.15, 0.2) is 0 Å². The number of para-hydroxylation sites is 1. The van der Waals surface area contributed by atoms with Crippen molar-refractivity contribution in [3.05, 3.63) is 36.0 Å². The van der Waals surface area contributed by atoms with Crippen LogP contribution < -0.4 is 5.14 Å². The number of sulfonamides is 1. The number of nitrogens with two attached hydrogens (primary N) is 1. The van der Waals surface area contributed by atoms with E-state index in [9.17, 15) is 8.42 Å². The topological polar surface area (TPSA) is 76.0 Å². The third kappa shape index (κ3) is 1.75. The second-order valence-corrected chi connectivity index (χ2v) is 5.41. The second kappa shape index (κ2) is 3.36. The van der Waals surface area contributed by atoms with Gasteiger partial charge in [-0.3, -0.25) is 0 Å². The molecule has 15 heavy (non-hydrogen) atoms. The van der Waals surface area contributed by atoms with Crippen LogP contribution in [0.4, 0.5) is 0 Å². The van der Waals surface area contributed by atoms with Gasteiger partial charge in [0.1, 0.15) is 0 Å². The molecule has 2 rings (SSSR count). The van der Waals surface area contributed by atoms with Gasteiger partial charge < -0.3 is 4.98 Å². The maximum absolute atomic E-state index is 11.2. The van der Waals surface area contributed by atoms with E-state index in [0.29, 0.717) is 5.56 Å². The molecule has 0 aliphatic heterocycles. The van der Waals surface area contributed by atoms with E-state index in [1.54, 1.807) is 13.1 Å². The first-order chi connectivity index (χ1) is 7.00. The molecule has 0 fully saturated rings. The van der Waals surface area contributed by atoms with Gasteiger partial charge >= 0.3 is 0 Å². The standard InChI is InChI=1S/C10H12N2O2S/c1-7(15(11,13)14)9-6-12-10-5-3-2-4-8(9)10/h2-7,12H,1H3,(H2,11,13,14). The van der Waals surface area contributed by atoms with E-state index in [1.807, 2.05) is 24.3 Å². The summed E-state index contributed by atoms with van der Waals surface area (Å²) in [5.74, 6) is 0. The molecule has 3 N–H and O–H groups in total. The minimum absolute atomic E-state index is 0.686. The Hall–Kier alpha value is -1.33. The fourth-order valence-corrected chi connectivity index (χ4v) is 2.16. The van der Waals surface area contributed by atoms with Crippen molar-refractivity contribution in [1.82, 2.24) is 4.98 Å². The van der Waals surface area contributed by atoms with Crippen LogP contribution in [0, 0.1) is 0 Å². The van der Waals surface area contributed by atoms with E-state index in [-0.39, 0.29) is 0 Å². The highest BCUT2D eigenvalue weighted by atomic mass is 32.2. The van der Waals surface area contributed by atoms with Crippen molar-refractivity contribution in [3.63, 3.8) is 0 Å². The van der Waals surface area contributed by atoms with Crippen LogP contribution in [-0.2, 0) is 10.0 Å². The lowest BCUT2D eigenvalue weighted by Gasteiger charge is -2.07. The molecule has 1 heterocycles. The van der Waals surface area contributed by atoms with Crippen LogP contribution in [-0.4, -0.2) is 13.4 Å². The third-order valence-electron chi connectivity index (χ3n) is 2.55. The molecule has 5 heteroatoms. The molecule has 1 aromatic carbocycles. The van der Waals surface area contributed by atoms with E-state index in [4.69, 9.17) is 5.14 Å². The summed E-state index contributed by atoms with van der Waals surface area (Å²) in [5.41, 5.74) is 1.64. The largest absolute Gasteiger partial charge is 0.361 e. The molecule has 0 saturated carbocycles. The minimum atomic E-state index is -3.54. The SMILES string of the molecule is CC(c1c[nH]c2ccccc12)S(N)(=O)=O.